The second-order valence-electron chi connectivity index (χ2n) is 6.83. The van der Waals surface area contributed by atoms with Crippen molar-refractivity contribution in [3.8, 4) is 10.4 Å². The van der Waals surface area contributed by atoms with Gasteiger partial charge in [0.15, 0.2) is 0 Å². The van der Waals surface area contributed by atoms with Crippen LogP contribution in [0.2, 0.25) is 5.02 Å². The third kappa shape index (κ3) is 3.64. The van der Waals surface area contributed by atoms with Gasteiger partial charge < -0.3 is 4.98 Å². The average Bonchev–Trinajstić information content (AvgIpc) is 3.00. The van der Waals surface area contributed by atoms with Crippen molar-refractivity contribution in [2.24, 2.45) is 5.92 Å². The van der Waals surface area contributed by atoms with E-state index in [9.17, 15) is 4.79 Å². The lowest BCUT2D eigenvalue weighted by Gasteiger charge is -2.30. The summed E-state index contributed by atoms with van der Waals surface area (Å²) in [6, 6.07) is 9.67. The van der Waals surface area contributed by atoms with E-state index in [-0.39, 0.29) is 5.56 Å². The van der Waals surface area contributed by atoms with Crippen molar-refractivity contribution in [2.75, 3.05) is 13.1 Å². The predicted octanol–water partition coefficient (Wildman–Crippen LogP) is 4.54. The maximum absolute atomic E-state index is 12.5. The Hall–Kier alpha value is -1.69. The molecule has 0 bridgehead atoms. The van der Waals surface area contributed by atoms with Gasteiger partial charge in [-0.05, 0) is 49.1 Å². The lowest BCUT2D eigenvalue weighted by atomic mass is 10.0. The Morgan fingerprint density at radius 3 is 2.92 bits per heavy atom. The highest BCUT2D eigenvalue weighted by atomic mass is 35.5. The van der Waals surface area contributed by atoms with Gasteiger partial charge >= 0.3 is 0 Å². The number of rotatable bonds is 3. The summed E-state index contributed by atoms with van der Waals surface area (Å²) in [5.74, 6) is 1.47. The molecule has 2 aromatic heterocycles. The Balaban J connectivity index is 1.65. The number of benzene rings is 1. The number of hydrogen-bond acceptors (Lipinski definition) is 4. The molecule has 1 fully saturated rings. The number of nitrogens with zero attached hydrogens (tertiary/aromatic N) is 2. The monoisotopic (exact) mass is 373 g/mol. The molecule has 0 unspecified atom stereocenters. The molecule has 0 saturated carbocycles. The van der Waals surface area contributed by atoms with Crippen molar-refractivity contribution >= 4 is 33.2 Å². The zero-order valence-corrected chi connectivity index (χ0v) is 15.7. The molecular weight excluding hydrogens is 354 g/mol. The van der Waals surface area contributed by atoms with E-state index in [1.165, 1.54) is 24.2 Å². The van der Waals surface area contributed by atoms with E-state index in [1.54, 1.807) is 0 Å². The van der Waals surface area contributed by atoms with Crippen molar-refractivity contribution in [3.05, 3.63) is 51.5 Å². The van der Waals surface area contributed by atoms with Crippen LogP contribution in [-0.4, -0.2) is 28.0 Å². The van der Waals surface area contributed by atoms with Crippen LogP contribution in [0.3, 0.4) is 0 Å². The van der Waals surface area contributed by atoms with Gasteiger partial charge in [-0.15, -0.1) is 11.3 Å². The molecule has 25 heavy (non-hydrogen) atoms. The number of aromatic amines is 1. The van der Waals surface area contributed by atoms with Gasteiger partial charge in [0.2, 0.25) is 0 Å². The predicted molar refractivity (Wildman–Crippen MR) is 104 cm³/mol. The molecule has 3 heterocycles. The number of piperidine rings is 1. The highest BCUT2D eigenvalue weighted by Crippen LogP contribution is 2.31. The molecule has 0 radical (unpaired) electrons. The maximum atomic E-state index is 12.5. The van der Waals surface area contributed by atoms with Gasteiger partial charge in [-0.25, -0.2) is 4.98 Å². The van der Waals surface area contributed by atoms with Gasteiger partial charge in [0, 0.05) is 16.4 Å². The largest absolute Gasteiger partial charge is 0.308 e. The van der Waals surface area contributed by atoms with Gasteiger partial charge in [0.25, 0.3) is 5.56 Å². The lowest BCUT2D eigenvalue weighted by molar-refractivity contribution is 0.173. The average molecular weight is 374 g/mol. The number of H-pyrrole nitrogens is 1. The molecule has 0 aliphatic carbocycles. The molecular formula is C19H20ClN3OS. The molecule has 4 nitrogen and oxygen atoms in total. The summed E-state index contributed by atoms with van der Waals surface area (Å²) in [4.78, 5) is 23.6. The number of likely N-dealkylation sites (tertiary alicyclic amines) is 1. The number of fused-ring (bicyclic) bond motifs is 1. The second kappa shape index (κ2) is 6.90. The first-order valence-corrected chi connectivity index (χ1v) is 9.79. The minimum atomic E-state index is -0.0460. The Bertz CT molecular complexity index is 947. The smallest absolute Gasteiger partial charge is 0.268 e. The first-order valence-electron chi connectivity index (χ1n) is 8.59. The first kappa shape index (κ1) is 16.8. The van der Waals surface area contributed by atoms with Crippen molar-refractivity contribution in [1.82, 2.24) is 14.9 Å². The summed E-state index contributed by atoms with van der Waals surface area (Å²) in [5, 5.41) is 0.707. The zero-order chi connectivity index (χ0) is 17.4. The van der Waals surface area contributed by atoms with Crippen molar-refractivity contribution in [3.63, 3.8) is 0 Å². The highest BCUT2D eigenvalue weighted by Gasteiger charge is 2.18. The van der Waals surface area contributed by atoms with E-state index in [4.69, 9.17) is 16.6 Å². The summed E-state index contributed by atoms with van der Waals surface area (Å²) >= 11 is 7.43. The van der Waals surface area contributed by atoms with Gasteiger partial charge in [-0.2, -0.15) is 0 Å². The number of hydrogen-bond donors (Lipinski definition) is 1. The lowest BCUT2D eigenvalue weighted by Crippen LogP contribution is -2.34. The normalized spacial score (nSPS) is 18.7. The number of nitrogens with one attached hydrogen (secondary N) is 1. The molecule has 0 amide bonds. The minimum Gasteiger partial charge on any atom is -0.308 e. The summed E-state index contributed by atoms with van der Waals surface area (Å²) in [5.41, 5.74) is 1.78. The van der Waals surface area contributed by atoms with Crippen molar-refractivity contribution in [2.45, 2.75) is 26.3 Å². The fraction of sp³-hybridized carbons (Fsp3) is 0.368. The zero-order valence-electron chi connectivity index (χ0n) is 14.1. The Kier molecular flexibility index (Phi) is 4.63. The second-order valence-corrected chi connectivity index (χ2v) is 8.32. The Morgan fingerprint density at radius 1 is 1.36 bits per heavy atom. The summed E-state index contributed by atoms with van der Waals surface area (Å²) in [6.45, 7) is 5.14. The molecule has 1 aliphatic rings. The van der Waals surface area contributed by atoms with Crippen molar-refractivity contribution in [1.29, 1.82) is 0 Å². The molecule has 1 atom stereocenters. The fourth-order valence-electron chi connectivity index (χ4n) is 3.46. The van der Waals surface area contributed by atoms with E-state index in [2.05, 4.69) is 16.8 Å². The molecule has 3 aromatic rings. The van der Waals surface area contributed by atoms with Gasteiger partial charge in [-0.3, -0.25) is 9.69 Å². The van der Waals surface area contributed by atoms with Crippen molar-refractivity contribution < 1.29 is 0 Å². The molecule has 1 aromatic carbocycles. The Labute approximate surface area is 155 Å². The van der Waals surface area contributed by atoms with Crippen LogP contribution in [0.15, 0.2) is 35.1 Å². The summed E-state index contributed by atoms with van der Waals surface area (Å²) in [6.07, 6.45) is 2.50. The SMILES string of the molecule is C[C@@H]1CCCN(Cc2nc3cc(-c4ccc(Cl)cc4)sc3c(=O)[nH]2)C1. The third-order valence-electron chi connectivity index (χ3n) is 4.68. The molecule has 0 spiro atoms. The number of halogens is 1. The molecule has 1 aliphatic heterocycles. The van der Waals surface area contributed by atoms with Gasteiger partial charge in [0.05, 0.1) is 12.1 Å². The van der Waals surface area contributed by atoms with E-state index in [0.29, 0.717) is 22.2 Å². The van der Waals surface area contributed by atoms with Crippen LogP contribution in [-0.2, 0) is 6.54 Å². The quantitative estimate of drug-likeness (QED) is 0.733. The van der Waals surface area contributed by atoms with Crippen LogP contribution in [0.5, 0.6) is 0 Å². The molecule has 4 rings (SSSR count). The van der Waals surface area contributed by atoms with E-state index < -0.39 is 0 Å². The Morgan fingerprint density at radius 2 is 2.16 bits per heavy atom. The van der Waals surface area contributed by atoms with Crippen LogP contribution in [0.25, 0.3) is 20.7 Å². The topological polar surface area (TPSA) is 49.0 Å². The minimum absolute atomic E-state index is 0.0460. The number of thiophene rings is 1. The van der Waals surface area contributed by atoms with Gasteiger partial charge in [0.1, 0.15) is 10.5 Å². The third-order valence-corrected chi connectivity index (χ3v) is 6.10. The van der Waals surface area contributed by atoms with E-state index >= 15 is 0 Å². The van der Waals surface area contributed by atoms with E-state index in [0.717, 1.165) is 34.9 Å². The molecule has 1 N–H and O–H groups in total. The highest BCUT2D eigenvalue weighted by molar-refractivity contribution is 7.22. The van der Waals surface area contributed by atoms with Crippen LogP contribution in [0.1, 0.15) is 25.6 Å². The summed E-state index contributed by atoms with van der Waals surface area (Å²) in [7, 11) is 0. The number of aromatic nitrogens is 2. The van der Waals surface area contributed by atoms with Crippen LogP contribution in [0, 0.1) is 5.92 Å². The molecule has 130 valence electrons. The molecule has 6 heteroatoms. The molecule has 1 saturated heterocycles. The summed E-state index contributed by atoms with van der Waals surface area (Å²) < 4.78 is 0.681. The van der Waals surface area contributed by atoms with Crippen LogP contribution >= 0.6 is 22.9 Å². The standard InChI is InChI=1S/C19H20ClN3OS/c1-12-3-2-8-23(10-12)11-17-21-15-9-16(25-18(15)19(24)22-17)13-4-6-14(20)7-5-13/h4-7,9,12H,2-3,8,10-11H2,1H3,(H,21,22,24)/t12-/m1/s1. The first-order chi connectivity index (χ1) is 12.1. The van der Waals surface area contributed by atoms with Crippen LogP contribution < -0.4 is 5.56 Å². The van der Waals surface area contributed by atoms with E-state index in [1.807, 2.05) is 30.3 Å². The van der Waals surface area contributed by atoms with Crippen LogP contribution in [0.4, 0.5) is 0 Å². The maximum Gasteiger partial charge on any atom is 0.268 e. The fourth-order valence-corrected chi connectivity index (χ4v) is 4.58. The van der Waals surface area contributed by atoms with Gasteiger partial charge in [-0.1, -0.05) is 30.7 Å².